The molecule has 8 heteroatoms. The fraction of sp³-hybridized carbons (Fsp3) is 0.375. The predicted molar refractivity (Wildman–Crippen MR) is 86.0 cm³/mol. The number of aromatic amines is 2. The molecular formula is C16H19N3O5. The number of nitrogens with zero attached hydrogens (tertiary/aromatic N) is 1. The van der Waals surface area contributed by atoms with E-state index in [9.17, 15) is 9.59 Å². The Balaban J connectivity index is 1.92. The van der Waals surface area contributed by atoms with Crippen molar-refractivity contribution in [3.63, 3.8) is 0 Å². The Kier molecular flexibility index (Phi) is 4.20. The van der Waals surface area contributed by atoms with Crippen LogP contribution in [0.5, 0.6) is 17.2 Å². The highest BCUT2D eigenvalue weighted by molar-refractivity contribution is 5.95. The van der Waals surface area contributed by atoms with E-state index in [0.717, 1.165) is 5.69 Å². The molecule has 0 spiro atoms. The zero-order valence-corrected chi connectivity index (χ0v) is 13.8. The number of methoxy groups -OCH3 is 3. The molecule has 2 N–H and O–H groups in total. The van der Waals surface area contributed by atoms with Gasteiger partial charge in [-0.2, -0.15) is 0 Å². The molecule has 0 fully saturated rings. The topological polar surface area (TPSA) is 96.7 Å². The molecule has 3 rings (SSSR count). The van der Waals surface area contributed by atoms with Gasteiger partial charge in [0.15, 0.2) is 11.5 Å². The second-order valence-electron chi connectivity index (χ2n) is 5.43. The molecule has 0 saturated heterocycles. The van der Waals surface area contributed by atoms with Crippen LogP contribution in [-0.4, -0.2) is 48.9 Å². The molecule has 0 radical (unpaired) electrons. The van der Waals surface area contributed by atoms with Crippen LogP contribution < -0.4 is 19.8 Å². The summed E-state index contributed by atoms with van der Waals surface area (Å²) in [5, 5.41) is 5.38. The van der Waals surface area contributed by atoms with E-state index in [2.05, 4.69) is 10.2 Å². The number of fused-ring (bicyclic) bond motifs is 1. The predicted octanol–water partition coefficient (Wildman–Crippen LogP) is 0.927. The molecule has 24 heavy (non-hydrogen) atoms. The van der Waals surface area contributed by atoms with Crippen LogP contribution >= 0.6 is 0 Å². The molecule has 0 aliphatic carbocycles. The van der Waals surface area contributed by atoms with Crippen LogP contribution in [0.2, 0.25) is 0 Å². The van der Waals surface area contributed by atoms with Crippen molar-refractivity contribution in [2.45, 2.75) is 13.0 Å². The zero-order valence-electron chi connectivity index (χ0n) is 13.8. The minimum Gasteiger partial charge on any atom is -0.493 e. The third-order valence-corrected chi connectivity index (χ3v) is 4.14. The van der Waals surface area contributed by atoms with Crippen molar-refractivity contribution in [3.05, 3.63) is 39.3 Å². The molecule has 8 nitrogen and oxygen atoms in total. The molecule has 2 heterocycles. The lowest BCUT2D eigenvalue weighted by Crippen LogP contribution is -2.37. The second kappa shape index (κ2) is 6.31. The van der Waals surface area contributed by atoms with Crippen LogP contribution in [0.1, 0.15) is 21.6 Å². The summed E-state index contributed by atoms with van der Waals surface area (Å²) in [6.07, 6.45) is 0.518. The lowest BCUT2D eigenvalue weighted by atomic mass is 10.1. The van der Waals surface area contributed by atoms with E-state index < -0.39 is 0 Å². The van der Waals surface area contributed by atoms with E-state index in [-0.39, 0.29) is 11.5 Å². The van der Waals surface area contributed by atoms with Gasteiger partial charge < -0.3 is 24.2 Å². The fourth-order valence-electron chi connectivity index (χ4n) is 2.90. The van der Waals surface area contributed by atoms with Crippen molar-refractivity contribution in [3.8, 4) is 17.2 Å². The minimum absolute atomic E-state index is 0.120. The number of hydrogen-bond donors (Lipinski definition) is 2. The number of H-pyrrole nitrogens is 2. The van der Waals surface area contributed by atoms with Gasteiger partial charge in [0.1, 0.15) is 0 Å². The third kappa shape index (κ3) is 2.60. The van der Waals surface area contributed by atoms with Crippen molar-refractivity contribution in [1.82, 2.24) is 15.1 Å². The number of amides is 1. The number of nitrogens with one attached hydrogen (secondary N) is 2. The Morgan fingerprint density at radius 1 is 1.08 bits per heavy atom. The van der Waals surface area contributed by atoms with E-state index in [1.165, 1.54) is 21.3 Å². The lowest BCUT2D eigenvalue weighted by molar-refractivity contribution is 0.0731. The summed E-state index contributed by atoms with van der Waals surface area (Å²) >= 11 is 0. The van der Waals surface area contributed by atoms with E-state index in [1.807, 2.05) is 0 Å². The molecule has 0 unspecified atom stereocenters. The molecule has 0 atom stereocenters. The summed E-state index contributed by atoms with van der Waals surface area (Å²) in [7, 11) is 4.52. The highest BCUT2D eigenvalue weighted by atomic mass is 16.5. The molecule has 1 aromatic carbocycles. The van der Waals surface area contributed by atoms with Gasteiger partial charge in [-0.3, -0.25) is 14.7 Å². The van der Waals surface area contributed by atoms with Gasteiger partial charge >= 0.3 is 0 Å². The zero-order chi connectivity index (χ0) is 17.3. The number of carbonyl (C=O) groups is 1. The first-order chi connectivity index (χ1) is 11.6. The second-order valence-corrected chi connectivity index (χ2v) is 5.43. The summed E-state index contributed by atoms with van der Waals surface area (Å²) in [5.41, 5.74) is 1.77. The van der Waals surface area contributed by atoms with Crippen LogP contribution in [0.25, 0.3) is 0 Å². The maximum absolute atomic E-state index is 12.8. The Morgan fingerprint density at radius 3 is 2.33 bits per heavy atom. The quantitative estimate of drug-likeness (QED) is 0.867. The van der Waals surface area contributed by atoms with Crippen LogP contribution in [0.3, 0.4) is 0 Å². The number of benzene rings is 1. The van der Waals surface area contributed by atoms with Gasteiger partial charge in [0.2, 0.25) is 5.75 Å². The van der Waals surface area contributed by atoms with Crippen molar-refractivity contribution < 1.29 is 19.0 Å². The summed E-state index contributed by atoms with van der Waals surface area (Å²) in [4.78, 5) is 26.1. The van der Waals surface area contributed by atoms with Gasteiger partial charge in [-0.25, -0.2) is 0 Å². The average Bonchev–Trinajstić information content (AvgIpc) is 3.00. The summed E-state index contributed by atoms with van der Waals surface area (Å²) in [6.45, 7) is 0.826. The number of aromatic nitrogens is 2. The largest absolute Gasteiger partial charge is 0.493 e. The van der Waals surface area contributed by atoms with Gasteiger partial charge in [0.05, 0.1) is 33.6 Å². The fourth-order valence-corrected chi connectivity index (χ4v) is 2.90. The summed E-state index contributed by atoms with van der Waals surface area (Å²) in [6, 6.07) is 3.25. The van der Waals surface area contributed by atoms with Crippen molar-refractivity contribution in [1.29, 1.82) is 0 Å². The van der Waals surface area contributed by atoms with Gasteiger partial charge in [0, 0.05) is 17.7 Å². The maximum Gasteiger partial charge on any atom is 0.267 e. The standard InChI is InChI=1S/C16H19N3O5/c1-22-12-6-9(7-13(23-2)14(12)24-3)16(21)19-5-4-10-11(8-19)17-18-15(10)20/h6-7H,4-5,8H2,1-3H3,(H2,17,18,20). The first-order valence-electron chi connectivity index (χ1n) is 7.46. The maximum atomic E-state index is 12.8. The van der Waals surface area contributed by atoms with E-state index in [0.29, 0.717) is 47.9 Å². The molecule has 1 aromatic heterocycles. The molecule has 2 aromatic rings. The van der Waals surface area contributed by atoms with Crippen LogP contribution in [0.15, 0.2) is 16.9 Å². The Morgan fingerprint density at radius 2 is 1.75 bits per heavy atom. The third-order valence-electron chi connectivity index (χ3n) is 4.14. The Hall–Kier alpha value is -2.90. The van der Waals surface area contributed by atoms with Crippen molar-refractivity contribution in [2.75, 3.05) is 27.9 Å². The highest BCUT2D eigenvalue weighted by Crippen LogP contribution is 2.38. The highest BCUT2D eigenvalue weighted by Gasteiger charge is 2.26. The van der Waals surface area contributed by atoms with E-state index in [1.54, 1.807) is 17.0 Å². The van der Waals surface area contributed by atoms with Crippen molar-refractivity contribution >= 4 is 5.91 Å². The van der Waals surface area contributed by atoms with Gasteiger partial charge in [-0.15, -0.1) is 0 Å². The number of carbonyl (C=O) groups excluding carboxylic acids is 1. The first-order valence-corrected chi connectivity index (χ1v) is 7.46. The van der Waals surface area contributed by atoms with E-state index in [4.69, 9.17) is 14.2 Å². The Labute approximate surface area is 138 Å². The molecule has 0 saturated carbocycles. The summed E-state index contributed by atoms with van der Waals surface area (Å²) in [5.74, 6) is 1.12. The lowest BCUT2D eigenvalue weighted by Gasteiger charge is -2.26. The van der Waals surface area contributed by atoms with Crippen molar-refractivity contribution in [2.24, 2.45) is 0 Å². The molecular weight excluding hydrogens is 314 g/mol. The van der Waals surface area contributed by atoms with E-state index >= 15 is 0 Å². The monoisotopic (exact) mass is 333 g/mol. The van der Waals surface area contributed by atoms with Crippen LogP contribution in [0, 0.1) is 0 Å². The van der Waals surface area contributed by atoms with Gasteiger partial charge in [-0.1, -0.05) is 0 Å². The molecule has 0 bridgehead atoms. The Bertz CT molecular complexity index is 798. The SMILES string of the molecule is COc1cc(C(=O)N2CCc3c([nH][nH]c3=O)C2)cc(OC)c1OC. The molecule has 1 aliphatic heterocycles. The summed E-state index contributed by atoms with van der Waals surface area (Å²) < 4.78 is 15.8. The smallest absolute Gasteiger partial charge is 0.267 e. The normalized spacial score (nSPS) is 13.4. The minimum atomic E-state index is -0.165. The van der Waals surface area contributed by atoms with Crippen LogP contribution in [0.4, 0.5) is 0 Å². The molecule has 1 amide bonds. The van der Waals surface area contributed by atoms with Gasteiger partial charge in [0.25, 0.3) is 11.5 Å². The van der Waals surface area contributed by atoms with Crippen LogP contribution in [-0.2, 0) is 13.0 Å². The molecule has 128 valence electrons. The first kappa shape index (κ1) is 16.0. The van der Waals surface area contributed by atoms with Gasteiger partial charge in [-0.05, 0) is 18.6 Å². The number of ether oxygens (including phenoxy) is 3. The number of rotatable bonds is 4. The molecule has 1 aliphatic rings. The average molecular weight is 333 g/mol. The number of hydrogen-bond acceptors (Lipinski definition) is 5.